The summed E-state index contributed by atoms with van der Waals surface area (Å²) < 4.78 is 18.0. The van der Waals surface area contributed by atoms with E-state index in [4.69, 9.17) is 14.0 Å². The van der Waals surface area contributed by atoms with Gasteiger partial charge in [-0.25, -0.2) is 0 Å². The van der Waals surface area contributed by atoms with E-state index < -0.39 is 7.91 Å². The van der Waals surface area contributed by atoms with Crippen molar-refractivity contribution in [2.24, 2.45) is 0 Å². The smallest absolute Gasteiger partial charge is 0.250 e. The summed E-state index contributed by atoms with van der Waals surface area (Å²) in [5, 5.41) is 0. The predicted octanol–water partition coefficient (Wildman–Crippen LogP) is -0.243. The summed E-state index contributed by atoms with van der Waals surface area (Å²) in [4.78, 5) is 8.48. The van der Waals surface area contributed by atoms with Crippen LogP contribution in [-0.2, 0) is 9.13 Å². The Balaban J connectivity index is 0. The second-order valence-electron chi connectivity index (χ2n) is 2.91. The van der Waals surface area contributed by atoms with E-state index in [2.05, 4.69) is 28.2 Å². The molecule has 0 atom stereocenters. The van der Waals surface area contributed by atoms with Crippen molar-refractivity contribution in [2.75, 3.05) is 28.2 Å². The molecule has 0 aromatic carbocycles. The van der Waals surface area contributed by atoms with Crippen LogP contribution < -0.4 is 4.89 Å². The number of hydrogen-bond donors (Lipinski definition) is 0. The molecule has 0 bridgehead atoms. The summed E-state index contributed by atoms with van der Waals surface area (Å²) in [7, 11) is 5.13. The lowest BCUT2D eigenvalue weighted by Gasteiger charge is -2.14. The third-order valence-electron chi connectivity index (χ3n) is 0. The Morgan fingerprint density at radius 3 is 1.11 bits per heavy atom. The SMILES string of the molecule is C[N+](C)(C)C.O=P(=O)[O-]. The summed E-state index contributed by atoms with van der Waals surface area (Å²) in [6, 6.07) is 0. The average Bonchev–Trinajstić information content (AvgIpc) is 1.19. The van der Waals surface area contributed by atoms with Crippen LogP contribution in [0.25, 0.3) is 0 Å². The molecule has 0 rings (SSSR count). The maximum Gasteiger partial charge on any atom is 0.250 e. The lowest BCUT2D eigenvalue weighted by Crippen LogP contribution is -2.27. The van der Waals surface area contributed by atoms with Crippen LogP contribution in [0.3, 0.4) is 0 Å². The maximum absolute atomic E-state index is 8.48. The van der Waals surface area contributed by atoms with Gasteiger partial charge in [-0.05, 0) is 0 Å². The molecule has 0 saturated carbocycles. The van der Waals surface area contributed by atoms with Gasteiger partial charge in [0.1, 0.15) is 0 Å². The van der Waals surface area contributed by atoms with Crippen LogP contribution in [-0.4, -0.2) is 32.7 Å². The first kappa shape index (κ1) is 11.6. The van der Waals surface area contributed by atoms with Crippen LogP contribution in [0.5, 0.6) is 0 Å². The lowest BCUT2D eigenvalue weighted by molar-refractivity contribution is -0.849. The molecule has 0 amide bonds. The molecule has 4 nitrogen and oxygen atoms in total. The summed E-state index contributed by atoms with van der Waals surface area (Å²) >= 11 is 0. The van der Waals surface area contributed by atoms with Crippen molar-refractivity contribution in [2.45, 2.75) is 0 Å². The topological polar surface area (TPSA) is 57.2 Å². The summed E-state index contributed by atoms with van der Waals surface area (Å²) in [6.07, 6.45) is 0. The lowest BCUT2D eigenvalue weighted by atomic mass is 10.8. The second kappa shape index (κ2) is 4.68. The summed E-state index contributed by atoms with van der Waals surface area (Å²) in [5.41, 5.74) is 0. The van der Waals surface area contributed by atoms with Crippen molar-refractivity contribution < 1.29 is 18.5 Å². The van der Waals surface area contributed by atoms with Gasteiger partial charge >= 0.3 is 0 Å². The second-order valence-corrected chi connectivity index (χ2v) is 3.35. The van der Waals surface area contributed by atoms with Gasteiger partial charge in [0, 0.05) is 0 Å². The molecule has 0 unspecified atom stereocenters. The van der Waals surface area contributed by atoms with E-state index in [0.717, 1.165) is 4.48 Å². The molecule has 0 aromatic heterocycles. The van der Waals surface area contributed by atoms with Crippen LogP contribution in [0.4, 0.5) is 0 Å². The highest BCUT2D eigenvalue weighted by atomic mass is 31.1. The van der Waals surface area contributed by atoms with Crippen LogP contribution in [0, 0.1) is 0 Å². The third-order valence-corrected chi connectivity index (χ3v) is 0. The molecule has 0 heterocycles. The quantitative estimate of drug-likeness (QED) is 0.356. The fourth-order valence-corrected chi connectivity index (χ4v) is 0. The van der Waals surface area contributed by atoms with E-state index in [0.29, 0.717) is 0 Å². The molecule has 0 aliphatic carbocycles. The molecule has 5 heteroatoms. The Hall–Kier alpha value is -0.180. The molecule has 0 spiro atoms. The predicted molar refractivity (Wildman–Crippen MR) is 32.2 cm³/mol. The summed E-state index contributed by atoms with van der Waals surface area (Å²) in [5.74, 6) is 0. The van der Waals surface area contributed by atoms with Gasteiger partial charge < -0.3 is 9.38 Å². The average molecular weight is 153 g/mol. The Labute approximate surface area is 55.6 Å². The Kier molecular flexibility index (Phi) is 6.02. The molecular formula is C4H12NO3P. The normalized spacial score (nSPS) is 9.44. The highest BCUT2D eigenvalue weighted by Gasteiger charge is 1.88. The summed E-state index contributed by atoms with van der Waals surface area (Å²) in [6.45, 7) is 0. The van der Waals surface area contributed by atoms with Gasteiger partial charge in [-0.15, -0.1) is 0 Å². The first-order valence-electron chi connectivity index (χ1n) is 2.34. The first-order chi connectivity index (χ1) is 3.73. The third kappa shape index (κ3) is 8180. The molecule has 56 valence electrons. The Bertz CT molecular complexity index is 110. The van der Waals surface area contributed by atoms with Gasteiger partial charge in [0.15, 0.2) is 0 Å². The fourth-order valence-electron chi connectivity index (χ4n) is 0. The molecule has 0 N–H and O–H groups in total. The number of rotatable bonds is 0. The van der Waals surface area contributed by atoms with E-state index in [9.17, 15) is 0 Å². The largest absolute Gasteiger partial charge is 0.744 e. The van der Waals surface area contributed by atoms with Gasteiger partial charge in [-0.2, -0.15) is 0 Å². The molecule has 0 aromatic rings. The minimum Gasteiger partial charge on any atom is -0.744 e. The highest BCUT2D eigenvalue weighted by molar-refractivity contribution is 7.21. The van der Waals surface area contributed by atoms with E-state index in [1.165, 1.54) is 0 Å². The van der Waals surface area contributed by atoms with E-state index in [1.807, 2.05) is 0 Å². The van der Waals surface area contributed by atoms with Crippen molar-refractivity contribution >= 4 is 7.91 Å². The van der Waals surface area contributed by atoms with Gasteiger partial charge in [-0.1, -0.05) is 0 Å². The van der Waals surface area contributed by atoms with E-state index in [-0.39, 0.29) is 0 Å². The van der Waals surface area contributed by atoms with Gasteiger partial charge in [0.2, 0.25) is 7.91 Å². The molecule has 0 saturated heterocycles. The van der Waals surface area contributed by atoms with Crippen molar-refractivity contribution in [3.63, 3.8) is 0 Å². The van der Waals surface area contributed by atoms with E-state index >= 15 is 0 Å². The van der Waals surface area contributed by atoms with Crippen LogP contribution in [0.2, 0.25) is 0 Å². The maximum atomic E-state index is 8.48. The molecule has 0 aliphatic rings. The van der Waals surface area contributed by atoms with Crippen LogP contribution in [0.15, 0.2) is 0 Å². The first-order valence-corrected chi connectivity index (χ1v) is 3.43. The van der Waals surface area contributed by atoms with Crippen molar-refractivity contribution in [1.82, 2.24) is 0 Å². The number of hydrogen-bond acceptors (Lipinski definition) is 3. The van der Waals surface area contributed by atoms with Crippen molar-refractivity contribution in [3.8, 4) is 0 Å². The number of quaternary nitrogens is 1. The molecule has 0 radical (unpaired) electrons. The monoisotopic (exact) mass is 153 g/mol. The highest BCUT2D eigenvalue weighted by Crippen LogP contribution is 1.74. The Morgan fingerprint density at radius 1 is 1.11 bits per heavy atom. The van der Waals surface area contributed by atoms with E-state index in [1.54, 1.807) is 0 Å². The zero-order valence-electron chi connectivity index (χ0n) is 6.12. The number of nitrogens with zero attached hydrogens (tertiary/aromatic N) is 1. The minimum absolute atomic E-state index is 1.00. The molecule has 0 aliphatic heterocycles. The van der Waals surface area contributed by atoms with Crippen molar-refractivity contribution in [1.29, 1.82) is 0 Å². The van der Waals surface area contributed by atoms with Crippen LogP contribution in [0.1, 0.15) is 0 Å². The van der Waals surface area contributed by atoms with Crippen LogP contribution >= 0.6 is 7.91 Å². The minimum atomic E-state index is -3.37. The van der Waals surface area contributed by atoms with Gasteiger partial charge in [-0.3, -0.25) is 9.13 Å². The van der Waals surface area contributed by atoms with Crippen molar-refractivity contribution in [3.05, 3.63) is 0 Å². The fraction of sp³-hybridized carbons (Fsp3) is 1.00. The molecular weight excluding hydrogens is 141 g/mol. The zero-order valence-corrected chi connectivity index (χ0v) is 7.01. The molecule has 9 heavy (non-hydrogen) atoms. The molecule has 0 fully saturated rings. The Morgan fingerprint density at radius 2 is 1.11 bits per heavy atom. The zero-order chi connectivity index (χ0) is 8.08. The van der Waals surface area contributed by atoms with Gasteiger partial charge in [0.25, 0.3) is 0 Å². The standard InChI is InChI=1S/C4H12N.HO3P/c1-5(2,3)4;1-4(2)3/h1-4H3;(H,1,2,3)/q+1;/p-1. The van der Waals surface area contributed by atoms with Gasteiger partial charge in [0.05, 0.1) is 28.2 Å².